The van der Waals surface area contributed by atoms with Gasteiger partial charge in [-0.3, -0.25) is 0 Å². The van der Waals surface area contributed by atoms with Crippen molar-refractivity contribution >= 4 is 22.6 Å². The van der Waals surface area contributed by atoms with E-state index in [9.17, 15) is 0 Å². The summed E-state index contributed by atoms with van der Waals surface area (Å²) in [5.74, 6) is 0. The van der Waals surface area contributed by atoms with E-state index < -0.39 is 0 Å². The van der Waals surface area contributed by atoms with Crippen LogP contribution in [0, 0.1) is 0 Å². The molecule has 0 bridgehead atoms. The third-order valence-corrected chi connectivity index (χ3v) is 10.5. The molecular weight excluding hydrogens is 627 g/mol. The first kappa shape index (κ1) is 32.7. The summed E-state index contributed by atoms with van der Waals surface area (Å²) in [4.78, 5) is 2.41. The number of benzene rings is 7. The monoisotopic (exact) mass is 667 g/mol. The number of fused-ring (bicyclic) bond motifs is 3. The highest BCUT2D eigenvalue weighted by molar-refractivity contribution is 5.91. The van der Waals surface area contributed by atoms with Gasteiger partial charge in [-0.25, -0.2) is 0 Å². The first-order chi connectivity index (χ1) is 25.5. The summed E-state index contributed by atoms with van der Waals surface area (Å²) in [5, 5.41) is 0. The van der Waals surface area contributed by atoms with Crippen molar-refractivity contribution in [3.05, 3.63) is 218 Å². The van der Waals surface area contributed by atoms with Crippen LogP contribution in [0.1, 0.15) is 30.5 Å². The van der Waals surface area contributed by atoms with Gasteiger partial charge >= 0.3 is 0 Å². The van der Waals surface area contributed by atoms with Crippen LogP contribution in [0.4, 0.5) is 17.1 Å². The van der Waals surface area contributed by atoms with Gasteiger partial charge in [0, 0.05) is 22.5 Å². The third-order valence-electron chi connectivity index (χ3n) is 10.5. The molecule has 0 saturated heterocycles. The van der Waals surface area contributed by atoms with Crippen LogP contribution in [0.15, 0.2) is 201 Å². The molecule has 0 aromatic heterocycles. The van der Waals surface area contributed by atoms with Crippen LogP contribution in [-0.2, 0) is 5.41 Å². The van der Waals surface area contributed by atoms with Crippen molar-refractivity contribution in [3.8, 4) is 44.5 Å². The summed E-state index contributed by atoms with van der Waals surface area (Å²) in [6, 6.07) is 61.7. The Labute approximate surface area is 308 Å². The second-order valence-corrected chi connectivity index (χ2v) is 13.9. The molecule has 0 unspecified atom stereocenters. The SMILES string of the molecule is C=C/C=C(\C=C)c1ccc(-c2ccc(N(c3ccc(-c4ccccc4)cc3)c3ccc4c(c3)C(C)(C)c3ccccc3-4)cc2-c2ccccc2)cc1. The molecule has 0 saturated carbocycles. The average Bonchev–Trinajstić information content (AvgIpc) is 3.43. The molecule has 8 rings (SSSR count). The van der Waals surface area contributed by atoms with Gasteiger partial charge in [-0.2, -0.15) is 0 Å². The zero-order valence-corrected chi connectivity index (χ0v) is 29.8. The summed E-state index contributed by atoms with van der Waals surface area (Å²) in [7, 11) is 0. The highest BCUT2D eigenvalue weighted by atomic mass is 15.1. The Hall–Kier alpha value is -6.44. The molecule has 0 radical (unpaired) electrons. The van der Waals surface area contributed by atoms with Crippen LogP contribution in [-0.4, -0.2) is 0 Å². The van der Waals surface area contributed by atoms with E-state index in [2.05, 4.69) is 202 Å². The van der Waals surface area contributed by atoms with Gasteiger partial charge in [0.25, 0.3) is 0 Å². The minimum absolute atomic E-state index is 0.109. The molecule has 52 heavy (non-hydrogen) atoms. The Morgan fingerprint density at radius 3 is 1.65 bits per heavy atom. The number of allylic oxidation sites excluding steroid dienone is 4. The maximum absolute atomic E-state index is 4.00. The molecule has 0 heterocycles. The molecule has 0 fully saturated rings. The van der Waals surface area contributed by atoms with E-state index in [0.29, 0.717) is 0 Å². The van der Waals surface area contributed by atoms with Gasteiger partial charge in [-0.1, -0.05) is 179 Å². The quantitative estimate of drug-likeness (QED) is 0.139. The second-order valence-electron chi connectivity index (χ2n) is 13.9. The van der Waals surface area contributed by atoms with Crippen LogP contribution in [0.2, 0.25) is 0 Å². The third kappa shape index (κ3) is 5.91. The van der Waals surface area contributed by atoms with Crippen molar-refractivity contribution in [2.45, 2.75) is 19.3 Å². The average molecular weight is 668 g/mol. The highest BCUT2D eigenvalue weighted by Crippen LogP contribution is 2.51. The first-order valence-corrected chi connectivity index (χ1v) is 17.9. The van der Waals surface area contributed by atoms with Gasteiger partial charge in [0.1, 0.15) is 0 Å². The summed E-state index contributed by atoms with van der Waals surface area (Å²) in [5.41, 5.74) is 17.9. The Balaban J connectivity index is 1.29. The van der Waals surface area contributed by atoms with E-state index in [0.717, 1.165) is 33.8 Å². The lowest BCUT2D eigenvalue weighted by atomic mass is 9.82. The zero-order chi connectivity index (χ0) is 35.7. The van der Waals surface area contributed by atoms with Gasteiger partial charge in [-0.05, 0) is 103 Å². The van der Waals surface area contributed by atoms with E-state index in [-0.39, 0.29) is 5.41 Å². The molecule has 250 valence electrons. The lowest BCUT2D eigenvalue weighted by molar-refractivity contribution is 0.660. The summed E-state index contributed by atoms with van der Waals surface area (Å²) < 4.78 is 0. The fourth-order valence-corrected chi connectivity index (χ4v) is 7.74. The first-order valence-electron chi connectivity index (χ1n) is 17.9. The maximum Gasteiger partial charge on any atom is 0.0468 e. The number of anilines is 3. The van der Waals surface area contributed by atoms with E-state index in [1.807, 2.05) is 12.2 Å². The van der Waals surface area contributed by atoms with E-state index in [1.54, 1.807) is 6.08 Å². The predicted octanol–water partition coefficient (Wildman–Crippen LogP) is 14.2. The van der Waals surface area contributed by atoms with E-state index >= 15 is 0 Å². The highest BCUT2D eigenvalue weighted by Gasteiger charge is 2.35. The molecule has 0 N–H and O–H groups in total. The lowest BCUT2D eigenvalue weighted by Crippen LogP contribution is -2.16. The molecule has 1 nitrogen and oxygen atoms in total. The number of nitrogens with zero attached hydrogens (tertiary/aromatic N) is 1. The van der Waals surface area contributed by atoms with Gasteiger partial charge < -0.3 is 4.90 Å². The topological polar surface area (TPSA) is 3.24 Å². The predicted molar refractivity (Wildman–Crippen MR) is 223 cm³/mol. The molecule has 0 amide bonds. The maximum atomic E-state index is 4.00. The Morgan fingerprint density at radius 1 is 0.462 bits per heavy atom. The summed E-state index contributed by atoms with van der Waals surface area (Å²) in [6.07, 6.45) is 5.67. The molecule has 0 spiro atoms. The van der Waals surface area contributed by atoms with Crippen LogP contribution in [0.3, 0.4) is 0 Å². The molecule has 1 aliphatic carbocycles. The van der Waals surface area contributed by atoms with Crippen molar-refractivity contribution in [2.24, 2.45) is 0 Å². The van der Waals surface area contributed by atoms with E-state index in [4.69, 9.17) is 0 Å². The standard InChI is InChI=1S/C51H41N/c1-5-15-36(6-2)38-22-24-41(25-23-38)45-32-30-43(34-48(45)40-18-11-8-12-19-40)52(42-28-26-39(27-29-42)37-16-9-7-10-17-37)44-31-33-47-46-20-13-14-21-49(46)51(3,4)50(47)35-44/h5-35H,1-2H2,3-4H3/b36-15+. The Bertz CT molecular complexity index is 2430. The van der Waals surface area contributed by atoms with Gasteiger partial charge in [-0.15, -0.1) is 0 Å². The van der Waals surface area contributed by atoms with Crippen molar-refractivity contribution in [1.82, 2.24) is 0 Å². The van der Waals surface area contributed by atoms with Crippen molar-refractivity contribution in [3.63, 3.8) is 0 Å². The number of hydrogen-bond acceptors (Lipinski definition) is 1. The van der Waals surface area contributed by atoms with Gasteiger partial charge in [0.15, 0.2) is 0 Å². The van der Waals surface area contributed by atoms with Crippen LogP contribution in [0.5, 0.6) is 0 Å². The Kier molecular flexibility index (Phi) is 8.63. The van der Waals surface area contributed by atoms with Gasteiger partial charge in [0.2, 0.25) is 0 Å². The van der Waals surface area contributed by atoms with Crippen LogP contribution in [0.25, 0.3) is 50.1 Å². The summed E-state index contributed by atoms with van der Waals surface area (Å²) >= 11 is 0. The lowest BCUT2D eigenvalue weighted by Gasteiger charge is -2.29. The molecule has 0 aliphatic heterocycles. The number of rotatable bonds is 9. The number of hydrogen-bond donors (Lipinski definition) is 0. The molecule has 1 aliphatic rings. The fraction of sp³-hybridized carbons (Fsp3) is 0.0588. The minimum Gasteiger partial charge on any atom is -0.310 e. The van der Waals surface area contributed by atoms with Crippen LogP contribution < -0.4 is 4.90 Å². The summed E-state index contributed by atoms with van der Waals surface area (Å²) in [6.45, 7) is 12.6. The molecule has 7 aromatic rings. The van der Waals surface area contributed by atoms with Crippen molar-refractivity contribution < 1.29 is 0 Å². The molecular formula is C51H41N. The molecule has 0 atom stereocenters. The zero-order valence-electron chi connectivity index (χ0n) is 29.8. The molecule has 1 heteroatoms. The van der Waals surface area contributed by atoms with Crippen LogP contribution >= 0.6 is 0 Å². The van der Waals surface area contributed by atoms with Crippen molar-refractivity contribution in [1.29, 1.82) is 0 Å². The van der Waals surface area contributed by atoms with Crippen molar-refractivity contribution in [2.75, 3.05) is 4.90 Å². The normalized spacial score (nSPS) is 12.8. The smallest absolute Gasteiger partial charge is 0.0468 e. The Morgan fingerprint density at radius 2 is 0.981 bits per heavy atom. The van der Waals surface area contributed by atoms with E-state index in [1.165, 1.54) is 50.1 Å². The minimum atomic E-state index is -0.109. The second kappa shape index (κ2) is 13.7. The van der Waals surface area contributed by atoms with Gasteiger partial charge in [0.05, 0.1) is 0 Å². The fourth-order valence-electron chi connectivity index (χ4n) is 7.74. The largest absolute Gasteiger partial charge is 0.310 e. The molecule has 7 aromatic carbocycles.